The molecule has 2 heterocycles. The fourth-order valence-corrected chi connectivity index (χ4v) is 5.30. The number of aromatic amines is 1. The van der Waals surface area contributed by atoms with E-state index in [4.69, 9.17) is 23.4 Å². The molecular formula is C19H33N3O11P2S. The molecule has 1 aliphatic heterocycles. The number of H-pyrrole nitrogens is 1. The van der Waals surface area contributed by atoms with Gasteiger partial charge in [-0.25, -0.2) is 9.13 Å². The van der Waals surface area contributed by atoms with Gasteiger partial charge in [-0.15, -0.1) is 12.3 Å². The Labute approximate surface area is 214 Å². The first-order valence-corrected chi connectivity index (χ1v) is 14.4. The SMILES string of the molecule is C#CCCOP(=O)(O)OP(=O)(O)OC[C@H]1O[C@@H](n2ccc(=O)[nH]c2=S)[C@H](O)[C@@H]1O.CCN(CC)CC. The van der Waals surface area contributed by atoms with E-state index < -0.39 is 59.0 Å². The Morgan fingerprint density at radius 1 is 1.17 bits per heavy atom. The Morgan fingerprint density at radius 3 is 2.25 bits per heavy atom. The number of nitrogens with zero attached hydrogens (tertiary/aromatic N) is 2. The second-order valence-corrected chi connectivity index (χ2v) is 10.7. The number of nitrogens with one attached hydrogen (secondary N) is 1. The molecule has 1 aromatic rings. The Hall–Kier alpha value is -1.24. The second kappa shape index (κ2) is 15.2. The molecule has 0 bridgehead atoms. The van der Waals surface area contributed by atoms with Crippen LogP contribution in [0.25, 0.3) is 0 Å². The number of ether oxygens (including phenoxy) is 1. The van der Waals surface area contributed by atoms with E-state index in [0.717, 1.165) is 10.6 Å². The molecule has 1 fully saturated rings. The summed E-state index contributed by atoms with van der Waals surface area (Å²) in [5, 5.41) is 20.2. The molecular weight excluding hydrogens is 540 g/mol. The number of rotatable bonds is 12. The molecule has 0 amide bonds. The molecule has 0 aliphatic carbocycles. The van der Waals surface area contributed by atoms with Crippen molar-refractivity contribution >= 4 is 27.9 Å². The Morgan fingerprint density at radius 2 is 1.75 bits per heavy atom. The van der Waals surface area contributed by atoms with E-state index in [2.05, 4.69) is 49.9 Å². The van der Waals surface area contributed by atoms with Crippen LogP contribution >= 0.6 is 27.9 Å². The molecule has 0 radical (unpaired) electrons. The summed E-state index contributed by atoms with van der Waals surface area (Å²) in [6, 6.07) is 1.11. The number of phosphoric acid groups is 2. The molecule has 17 heteroatoms. The summed E-state index contributed by atoms with van der Waals surface area (Å²) >= 11 is 4.95. The predicted octanol–water partition coefficient (Wildman–Crippen LogP) is 1.15. The van der Waals surface area contributed by atoms with Crippen molar-refractivity contribution in [1.29, 1.82) is 0 Å². The summed E-state index contributed by atoms with van der Waals surface area (Å²) in [5.41, 5.74) is -0.490. The smallest absolute Gasteiger partial charge is 0.387 e. The van der Waals surface area contributed by atoms with Crippen molar-refractivity contribution in [1.82, 2.24) is 14.5 Å². The monoisotopic (exact) mass is 573 g/mol. The molecule has 14 nitrogen and oxygen atoms in total. The quantitative estimate of drug-likeness (QED) is 0.104. The third-order valence-electron chi connectivity index (χ3n) is 4.91. The number of aromatic nitrogens is 2. The maximum Gasteiger partial charge on any atom is 0.481 e. The van der Waals surface area contributed by atoms with Gasteiger partial charge in [-0.3, -0.25) is 23.4 Å². The molecule has 0 saturated carbocycles. The van der Waals surface area contributed by atoms with Gasteiger partial charge < -0.3 is 29.6 Å². The molecule has 2 rings (SSSR count). The van der Waals surface area contributed by atoms with E-state index in [9.17, 15) is 33.9 Å². The van der Waals surface area contributed by atoms with Crippen LogP contribution in [0.4, 0.5) is 0 Å². The van der Waals surface area contributed by atoms with Gasteiger partial charge in [0.05, 0.1) is 13.2 Å². The zero-order valence-electron chi connectivity index (χ0n) is 20.1. The lowest BCUT2D eigenvalue weighted by atomic mass is 10.1. The summed E-state index contributed by atoms with van der Waals surface area (Å²) in [4.78, 5) is 34.9. The molecule has 6 atom stereocenters. The Bertz CT molecular complexity index is 1070. The molecule has 2 unspecified atom stereocenters. The van der Waals surface area contributed by atoms with Crippen LogP contribution in [0.3, 0.4) is 0 Å². The number of hydrogen-bond acceptors (Lipinski definition) is 11. The van der Waals surface area contributed by atoms with Gasteiger partial charge in [0.1, 0.15) is 18.3 Å². The van der Waals surface area contributed by atoms with Crippen LogP contribution in [0, 0.1) is 17.1 Å². The van der Waals surface area contributed by atoms with E-state index >= 15 is 0 Å². The first-order chi connectivity index (χ1) is 16.8. The minimum absolute atomic E-state index is 0.0425. The van der Waals surface area contributed by atoms with Crippen LogP contribution in [0.5, 0.6) is 0 Å². The first kappa shape index (κ1) is 32.8. The van der Waals surface area contributed by atoms with Crippen molar-refractivity contribution in [2.45, 2.75) is 51.7 Å². The highest BCUT2D eigenvalue weighted by Gasteiger charge is 2.45. The predicted molar refractivity (Wildman–Crippen MR) is 131 cm³/mol. The Balaban J connectivity index is 0.000000809. The topological polar surface area (TPSA) is 193 Å². The number of aliphatic hydroxyl groups excluding tert-OH is 2. The normalized spacial score (nSPS) is 24.9. The first-order valence-electron chi connectivity index (χ1n) is 11.0. The van der Waals surface area contributed by atoms with Gasteiger partial charge in [0.25, 0.3) is 5.56 Å². The van der Waals surface area contributed by atoms with E-state index in [1.54, 1.807) is 0 Å². The van der Waals surface area contributed by atoms with Crippen molar-refractivity contribution in [3.05, 3.63) is 27.4 Å². The van der Waals surface area contributed by atoms with Gasteiger partial charge in [-0.2, -0.15) is 4.31 Å². The average molecular weight is 573 g/mol. The second-order valence-electron chi connectivity index (χ2n) is 7.29. The standard InChI is InChI=1S/C13H18N2O11P2S.C6H15N/c1-2-3-6-23-27(19,20)26-28(21,22)24-7-8-10(17)11(18)12(25-8)15-5-4-9(16)14-13(15)29;1-4-7(5-2)6-3/h1,4-5,8,10-12,17-18H,3,6-7H2,(H,19,20)(H,21,22)(H,14,16,29);4-6H2,1-3H3/t8-,10-,11-,12-;/m1./s1. The summed E-state index contributed by atoms with van der Waals surface area (Å²) in [6.45, 7) is 8.92. The fraction of sp³-hybridized carbons (Fsp3) is 0.684. The third-order valence-corrected chi connectivity index (χ3v) is 7.86. The largest absolute Gasteiger partial charge is 0.481 e. The van der Waals surface area contributed by atoms with Crippen LogP contribution in [0.1, 0.15) is 33.4 Å². The van der Waals surface area contributed by atoms with Crippen LogP contribution in [-0.2, 0) is 27.2 Å². The van der Waals surface area contributed by atoms with E-state index in [0.29, 0.717) is 0 Å². The summed E-state index contributed by atoms with van der Waals surface area (Å²) in [6.07, 6.45) is 0.432. The van der Waals surface area contributed by atoms with Gasteiger partial charge in [-0.1, -0.05) is 20.8 Å². The lowest BCUT2D eigenvalue weighted by molar-refractivity contribution is -0.0534. The van der Waals surface area contributed by atoms with Crippen LogP contribution in [0.2, 0.25) is 0 Å². The van der Waals surface area contributed by atoms with Crippen molar-refractivity contribution < 1.29 is 47.2 Å². The van der Waals surface area contributed by atoms with E-state index in [1.807, 2.05) is 0 Å². The summed E-state index contributed by atoms with van der Waals surface area (Å²) in [5.74, 6) is 2.13. The Kier molecular flexibility index (Phi) is 13.9. The number of aliphatic hydroxyl groups is 2. The van der Waals surface area contributed by atoms with Crippen molar-refractivity contribution in [2.75, 3.05) is 32.8 Å². The van der Waals surface area contributed by atoms with Gasteiger partial charge in [0.15, 0.2) is 11.0 Å². The van der Waals surface area contributed by atoms with Crippen molar-refractivity contribution in [3.63, 3.8) is 0 Å². The molecule has 0 spiro atoms. The maximum atomic E-state index is 11.8. The number of hydrogen-bond donors (Lipinski definition) is 5. The van der Waals surface area contributed by atoms with Crippen LogP contribution in [-0.4, -0.2) is 85.6 Å². The van der Waals surface area contributed by atoms with Crippen LogP contribution in [0.15, 0.2) is 17.1 Å². The van der Waals surface area contributed by atoms with Gasteiger partial charge in [-0.05, 0) is 31.9 Å². The highest BCUT2D eigenvalue weighted by molar-refractivity contribution is 7.71. The minimum atomic E-state index is -5.11. The van der Waals surface area contributed by atoms with Crippen LogP contribution < -0.4 is 5.56 Å². The third kappa shape index (κ3) is 10.6. The molecule has 5 N–H and O–H groups in total. The highest BCUT2D eigenvalue weighted by atomic mass is 32.1. The number of terminal acetylenes is 1. The van der Waals surface area contributed by atoms with Crippen molar-refractivity contribution in [2.24, 2.45) is 0 Å². The molecule has 1 saturated heterocycles. The molecule has 1 aromatic heterocycles. The van der Waals surface area contributed by atoms with Crippen molar-refractivity contribution in [3.8, 4) is 12.3 Å². The summed E-state index contributed by atoms with van der Waals surface area (Å²) < 4.78 is 42.9. The fourth-order valence-electron chi connectivity index (χ4n) is 2.96. The van der Waals surface area contributed by atoms with Gasteiger partial charge >= 0.3 is 15.6 Å². The highest BCUT2D eigenvalue weighted by Crippen LogP contribution is 2.60. The average Bonchev–Trinajstić information content (AvgIpc) is 3.07. The zero-order chi connectivity index (χ0) is 27.5. The summed E-state index contributed by atoms with van der Waals surface area (Å²) in [7, 11) is -10.0. The van der Waals surface area contributed by atoms with E-state index in [1.165, 1.54) is 25.8 Å². The lowest BCUT2D eigenvalue weighted by Gasteiger charge is -2.19. The zero-order valence-corrected chi connectivity index (χ0v) is 22.7. The molecule has 206 valence electrons. The molecule has 36 heavy (non-hydrogen) atoms. The minimum Gasteiger partial charge on any atom is -0.387 e. The maximum absolute atomic E-state index is 11.8. The molecule has 0 aromatic carbocycles. The van der Waals surface area contributed by atoms with Gasteiger partial charge in [0.2, 0.25) is 0 Å². The number of phosphoric ester groups is 2. The van der Waals surface area contributed by atoms with E-state index in [-0.39, 0.29) is 11.2 Å². The lowest BCUT2D eigenvalue weighted by Crippen LogP contribution is -2.34. The molecule has 1 aliphatic rings. The van der Waals surface area contributed by atoms with Gasteiger partial charge in [0, 0.05) is 18.7 Å².